The van der Waals surface area contributed by atoms with Crippen LogP contribution in [0.3, 0.4) is 0 Å². The summed E-state index contributed by atoms with van der Waals surface area (Å²) in [6.07, 6.45) is 4.97. The van der Waals surface area contributed by atoms with Crippen molar-refractivity contribution in [2.45, 2.75) is 76.9 Å². The summed E-state index contributed by atoms with van der Waals surface area (Å²) in [7, 11) is 0. The van der Waals surface area contributed by atoms with Gasteiger partial charge in [-0.05, 0) is 44.2 Å². The maximum Gasteiger partial charge on any atom is 0.250 e. The van der Waals surface area contributed by atoms with Crippen LogP contribution < -0.4 is 0 Å². The highest BCUT2D eigenvalue weighted by molar-refractivity contribution is 5.99. The lowest BCUT2D eigenvalue weighted by Gasteiger charge is -2.39. The van der Waals surface area contributed by atoms with Gasteiger partial charge >= 0.3 is 0 Å². The van der Waals surface area contributed by atoms with Gasteiger partial charge in [0.15, 0.2) is 0 Å². The van der Waals surface area contributed by atoms with Crippen LogP contribution in [0, 0.1) is 17.8 Å². The molecule has 11 nitrogen and oxygen atoms in total. The number of aliphatic hydroxyl groups is 1. The van der Waals surface area contributed by atoms with Gasteiger partial charge in [-0.3, -0.25) is 14.4 Å². The number of aromatic nitrogens is 3. The van der Waals surface area contributed by atoms with Gasteiger partial charge < -0.3 is 24.5 Å². The molecule has 1 spiro atoms. The Morgan fingerprint density at radius 3 is 2.53 bits per heavy atom. The van der Waals surface area contributed by atoms with E-state index < -0.39 is 35.1 Å². The number of aliphatic hydroxyl groups excluding tert-OH is 1. The van der Waals surface area contributed by atoms with Crippen LogP contribution in [-0.4, -0.2) is 102 Å². The average Bonchev–Trinajstić information content (AvgIpc) is 3.66. The van der Waals surface area contributed by atoms with Crippen molar-refractivity contribution >= 4 is 28.8 Å². The van der Waals surface area contributed by atoms with E-state index in [9.17, 15) is 19.5 Å². The molecule has 0 aliphatic carbocycles. The molecule has 2 bridgehead atoms. The molecule has 2 aromatic rings. The van der Waals surface area contributed by atoms with Crippen molar-refractivity contribution in [3.8, 4) is 0 Å². The molecule has 4 heterocycles. The van der Waals surface area contributed by atoms with Gasteiger partial charge in [0.05, 0.1) is 35.6 Å². The zero-order valence-corrected chi connectivity index (χ0v) is 25.7. The number of hydrogen-bond acceptors (Lipinski definition) is 7. The van der Waals surface area contributed by atoms with Gasteiger partial charge in [0.1, 0.15) is 23.8 Å². The fraction of sp³-hybridized carbons (Fsp3) is 0.594. The van der Waals surface area contributed by atoms with Gasteiger partial charge in [-0.1, -0.05) is 50.3 Å². The Kier molecular flexibility index (Phi) is 8.50. The van der Waals surface area contributed by atoms with E-state index in [0.717, 1.165) is 11.9 Å². The van der Waals surface area contributed by atoms with E-state index in [1.165, 1.54) is 4.90 Å². The Hall–Kier alpha value is -3.57. The molecule has 7 atom stereocenters. The summed E-state index contributed by atoms with van der Waals surface area (Å²) >= 11 is 0. The van der Waals surface area contributed by atoms with Crippen LogP contribution in [0.15, 0.2) is 49.6 Å². The lowest BCUT2D eigenvalue weighted by Crippen LogP contribution is -2.59. The van der Waals surface area contributed by atoms with E-state index in [-0.39, 0.29) is 43.5 Å². The molecular formula is C32H44N6O5. The molecule has 0 saturated carbocycles. The van der Waals surface area contributed by atoms with Gasteiger partial charge in [0, 0.05) is 19.6 Å². The van der Waals surface area contributed by atoms with Gasteiger partial charge in [-0.25, -0.2) is 4.68 Å². The Balaban J connectivity index is 1.60. The van der Waals surface area contributed by atoms with Crippen molar-refractivity contribution in [1.29, 1.82) is 0 Å². The first-order valence-electron chi connectivity index (χ1n) is 15.3. The van der Waals surface area contributed by atoms with Crippen LogP contribution in [-0.2, 0) is 25.8 Å². The second kappa shape index (κ2) is 11.8. The summed E-state index contributed by atoms with van der Waals surface area (Å²) in [4.78, 5) is 48.5. The minimum Gasteiger partial charge on any atom is -0.394 e. The molecule has 5 rings (SSSR count). The predicted octanol–water partition coefficient (Wildman–Crippen LogP) is 2.61. The molecule has 1 aromatic carbocycles. The molecule has 1 aromatic heterocycles. The zero-order valence-electron chi connectivity index (χ0n) is 25.7. The van der Waals surface area contributed by atoms with Crippen molar-refractivity contribution in [2.75, 3.05) is 26.2 Å². The van der Waals surface area contributed by atoms with Gasteiger partial charge in [-0.15, -0.1) is 18.3 Å². The third kappa shape index (κ3) is 4.68. The van der Waals surface area contributed by atoms with E-state index in [1.807, 2.05) is 52.0 Å². The van der Waals surface area contributed by atoms with Crippen molar-refractivity contribution in [1.82, 2.24) is 29.7 Å². The summed E-state index contributed by atoms with van der Waals surface area (Å²) in [5.74, 6) is -2.50. The summed E-state index contributed by atoms with van der Waals surface area (Å²) in [5, 5.41) is 18.9. The van der Waals surface area contributed by atoms with Gasteiger partial charge in [0.2, 0.25) is 17.7 Å². The number of ether oxygens (including phenoxy) is 1. The Bertz CT molecular complexity index is 1410. The van der Waals surface area contributed by atoms with Crippen LogP contribution >= 0.6 is 0 Å². The summed E-state index contributed by atoms with van der Waals surface area (Å²) in [6, 6.07) is 5.85. The molecule has 43 heavy (non-hydrogen) atoms. The Morgan fingerprint density at radius 1 is 1.19 bits per heavy atom. The first-order valence-corrected chi connectivity index (χ1v) is 15.3. The second-order valence-electron chi connectivity index (χ2n) is 12.3. The zero-order chi connectivity index (χ0) is 31.1. The van der Waals surface area contributed by atoms with Gasteiger partial charge in [0.25, 0.3) is 0 Å². The molecule has 3 fully saturated rings. The highest BCUT2D eigenvalue weighted by Crippen LogP contribution is 2.65. The molecule has 0 radical (unpaired) electrons. The molecule has 11 heteroatoms. The fourth-order valence-electron chi connectivity index (χ4n) is 7.78. The Labute approximate surface area is 253 Å². The molecule has 3 saturated heterocycles. The molecule has 3 unspecified atom stereocenters. The van der Waals surface area contributed by atoms with Crippen LogP contribution in [0.5, 0.6) is 0 Å². The molecule has 232 valence electrons. The highest BCUT2D eigenvalue weighted by atomic mass is 16.5. The molecule has 1 N–H and O–H groups in total. The standard InChI is InChI=1S/C32H44N6O5/c1-7-15-35(16-8-2)28(40)25-26-29(41)38(22(10-4)19-39)27(32(26)18-21(5)31(25,6)43-32)30(42)36(17-9-3)20-37-24-14-12-11-13-23(24)33-34-37/h7,9,11-14,21-22,25-27,39H,1,3,8,10,15-20H2,2,4-6H3/t21?,22-,25-,26-,27?,31+,32?/m0/s1. The van der Waals surface area contributed by atoms with Crippen LogP contribution in [0.1, 0.15) is 47.0 Å². The number of likely N-dealkylation sites (tertiary alicyclic amines) is 1. The lowest BCUT2D eigenvalue weighted by molar-refractivity contribution is -0.158. The number of para-hydroxylation sites is 1. The fourth-order valence-corrected chi connectivity index (χ4v) is 7.78. The maximum absolute atomic E-state index is 14.8. The predicted molar refractivity (Wildman–Crippen MR) is 161 cm³/mol. The monoisotopic (exact) mass is 592 g/mol. The number of carbonyl (C=O) groups excluding carboxylic acids is 3. The molecule has 3 aliphatic rings. The van der Waals surface area contributed by atoms with Crippen LogP contribution in [0.4, 0.5) is 0 Å². The normalized spacial score (nSPS) is 30.0. The lowest BCUT2D eigenvalue weighted by atomic mass is 9.62. The van der Waals surface area contributed by atoms with Crippen molar-refractivity contribution in [3.63, 3.8) is 0 Å². The van der Waals surface area contributed by atoms with E-state index in [0.29, 0.717) is 31.4 Å². The minimum absolute atomic E-state index is 0.0827. The topological polar surface area (TPSA) is 121 Å². The second-order valence-corrected chi connectivity index (χ2v) is 12.3. The quantitative estimate of drug-likeness (QED) is 0.355. The Morgan fingerprint density at radius 2 is 1.88 bits per heavy atom. The van der Waals surface area contributed by atoms with E-state index in [1.54, 1.807) is 26.6 Å². The maximum atomic E-state index is 14.8. The summed E-state index contributed by atoms with van der Waals surface area (Å²) in [5.41, 5.74) is -0.680. The number of fused-ring (bicyclic) bond motifs is 2. The smallest absolute Gasteiger partial charge is 0.250 e. The van der Waals surface area contributed by atoms with Crippen LogP contribution in [0.2, 0.25) is 0 Å². The first-order chi connectivity index (χ1) is 20.6. The molecule has 3 amide bonds. The number of carbonyl (C=O) groups is 3. The van der Waals surface area contributed by atoms with E-state index in [2.05, 4.69) is 23.5 Å². The van der Waals surface area contributed by atoms with Crippen molar-refractivity contribution in [2.24, 2.45) is 17.8 Å². The SMILES string of the molecule is C=CCN(Cn1nnc2ccccc21)C(=O)C1N([C@@H](CC)CO)C(=O)[C@@H]2[C@@H](C(=O)N(CC=C)CCC)[C@]3(C)OC12CC3C. The van der Waals surface area contributed by atoms with Crippen LogP contribution in [0.25, 0.3) is 11.0 Å². The number of hydrogen-bond donors (Lipinski definition) is 1. The minimum atomic E-state index is -1.22. The number of benzene rings is 1. The molecular weight excluding hydrogens is 548 g/mol. The van der Waals surface area contributed by atoms with E-state index in [4.69, 9.17) is 4.74 Å². The highest BCUT2D eigenvalue weighted by Gasteiger charge is 2.80. The summed E-state index contributed by atoms with van der Waals surface area (Å²) < 4.78 is 8.56. The average molecular weight is 593 g/mol. The number of amides is 3. The first kappa shape index (κ1) is 30.9. The largest absolute Gasteiger partial charge is 0.394 e. The van der Waals surface area contributed by atoms with E-state index >= 15 is 0 Å². The van der Waals surface area contributed by atoms with Crippen molar-refractivity contribution < 1.29 is 24.2 Å². The summed E-state index contributed by atoms with van der Waals surface area (Å²) in [6.45, 7) is 16.4. The van der Waals surface area contributed by atoms with Gasteiger partial charge in [-0.2, -0.15) is 0 Å². The third-order valence-electron chi connectivity index (χ3n) is 9.87. The third-order valence-corrected chi connectivity index (χ3v) is 9.87. The molecule has 3 aliphatic heterocycles. The number of rotatable bonds is 13. The van der Waals surface area contributed by atoms with Crippen molar-refractivity contribution in [3.05, 3.63) is 49.6 Å². The number of nitrogens with zero attached hydrogens (tertiary/aromatic N) is 6.